The summed E-state index contributed by atoms with van der Waals surface area (Å²) in [5.41, 5.74) is 0.883. The van der Waals surface area contributed by atoms with E-state index in [9.17, 15) is 9.59 Å². The van der Waals surface area contributed by atoms with E-state index < -0.39 is 6.04 Å². The minimum absolute atomic E-state index is 0.149. The molecule has 26 heavy (non-hydrogen) atoms. The van der Waals surface area contributed by atoms with E-state index in [4.69, 9.17) is 14.2 Å². The zero-order chi connectivity index (χ0) is 18.4. The van der Waals surface area contributed by atoms with Crippen molar-refractivity contribution >= 4 is 11.8 Å². The summed E-state index contributed by atoms with van der Waals surface area (Å²) in [7, 11) is 0. The highest BCUT2D eigenvalue weighted by atomic mass is 16.7. The van der Waals surface area contributed by atoms with Crippen LogP contribution >= 0.6 is 0 Å². The fourth-order valence-corrected chi connectivity index (χ4v) is 2.41. The quantitative estimate of drug-likeness (QED) is 0.787. The first-order chi connectivity index (χ1) is 12.6. The molecule has 0 saturated heterocycles. The molecular weight excluding hydrogens is 336 g/mol. The Kier molecular flexibility index (Phi) is 5.58. The largest absolute Gasteiger partial charge is 0.484 e. The van der Waals surface area contributed by atoms with Gasteiger partial charge in [0.15, 0.2) is 18.1 Å². The lowest BCUT2D eigenvalue weighted by molar-refractivity contribution is -0.129. The van der Waals surface area contributed by atoms with E-state index in [0.717, 1.165) is 5.56 Å². The summed E-state index contributed by atoms with van der Waals surface area (Å²) in [4.78, 5) is 24.0. The van der Waals surface area contributed by atoms with Crippen LogP contribution < -0.4 is 24.8 Å². The molecule has 136 valence electrons. The van der Waals surface area contributed by atoms with Crippen LogP contribution in [-0.2, 0) is 16.1 Å². The van der Waals surface area contributed by atoms with Crippen molar-refractivity contribution < 1.29 is 23.8 Å². The molecule has 7 nitrogen and oxygen atoms in total. The summed E-state index contributed by atoms with van der Waals surface area (Å²) in [5.74, 6) is 1.31. The van der Waals surface area contributed by atoms with Gasteiger partial charge < -0.3 is 24.8 Å². The Morgan fingerprint density at radius 3 is 2.69 bits per heavy atom. The average Bonchev–Trinajstić information content (AvgIpc) is 3.13. The molecule has 0 aliphatic carbocycles. The van der Waals surface area contributed by atoms with Gasteiger partial charge in [-0.1, -0.05) is 24.3 Å². The zero-order valence-electron chi connectivity index (χ0n) is 14.4. The molecule has 1 atom stereocenters. The van der Waals surface area contributed by atoms with Gasteiger partial charge in [-0.3, -0.25) is 9.59 Å². The topological polar surface area (TPSA) is 85.9 Å². The normalized spacial score (nSPS) is 13.0. The van der Waals surface area contributed by atoms with Crippen LogP contribution in [0.3, 0.4) is 0 Å². The van der Waals surface area contributed by atoms with E-state index in [1.165, 1.54) is 0 Å². The second-order valence-electron chi connectivity index (χ2n) is 5.80. The second kappa shape index (κ2) is 8.24. The van der Waals surface area contributed by atoms with Gasteiger partial charge in [0.25, 0.3) is 5.91 Å². The molecule has 0 spiro atoms. The highest BCUT2D eigenvalue weighted by Gasteiger charge is 2.17. The SMILES string of the molecule is C[C@@H](NC(=O)COc1ccccc1)C(=O)NCc1ccc2c(c1)OCO2. The summed E-state index contributed by atoms with van der Waals surface area (Å²) >= 11 is 0. The van der Waals surface area contributed by atoms with Crippen molar-refractivity contribution in [2.45, 2.75) is 19.5 Å². The third-order valence-corrected chi connectivity index (χ3v) is 3.79. The minimum Gasteiger partial charge on any atom is -0.484 e. The highest BCUT2D eigenvalue weighted by molar-refractivity contribution is 5.87. The molecule has 1 aliphatic rings. The highest BCUT2D eigenvalue weighted by Crippen LogP contribution is 2.32. The molecule has 1 aliphatic heterocycles. The molecule has 2 amide bonds. The number of nitrogens with one attached hydrogen (secondary N) is 2. The molecule has 3 rings (SSSR count). The third kappa shape index (κ3) is 4.66. The van der Waals surface area contributed by atoms with Crippen molar-refractivity contribution in [2.75, 3.05) is 13.4 Å². The molecule has 0 unspecified atom stereocenters. The third-order valence-electron chi connectivity index (χ3n) is 3.79. The molecule has 2 N–H and O–H groups in total. The summed E-state index contributed by atoms with van der Waals surface area (Å²) in [6.45, 7) is 2.01. The van der Waals surface area contributed by atoms with Crippen molar-refractivity contribution in [1.29, 1.82) is 0 Å². The fraction of sp³-hybridized carbons (Fsp3) is 0.263. The van der Waals surface area contributed by atoms with Crippen LogP contribution in [0.25, 0.3) is 0 Å². The molecule has 0 aromatic heterocycles. The van der Waals surface area contributed by atoms with Crippen molar-refractivity contribution in [2.24, 2.45) is 0 Å². The maximum atomic E-state index is 12.1. The second-order valence-corrected chi connectivity index (χ2v) is 5.80. The number of carbonyl (C=O) groups excluding carboxylic acids is 2. The number of fused-ring (bicyclic) bond motifs is 1. The number of ether oxygens (including phenoxy) is 3. The van der Waals surface area contributed by atoms with Crippen molar-refractivity contribution in [1.82, 2.24) is 10.6 Å². The number of carbonyl (C=O) groups is 2. The fourth-order valence-electron chi connectivity index (χ4n) is 2.41. The van der Waals surface area contributed by atoms with Gasteiger partial charge in [0.05, 0.1) is 0 Å². The summed E-state index contributed by atoms with van der Waals surface area (Å²) in [5, 5.41) is 5.39. The van der Waals surface area contributed by atoms with Gasteiger partial charge in [-0.05, 0) is 36.8 Å². The Bertz CT molecular complexity index is 779. The first-order valence-corrected chi connectivity index (χ1v) is 8.25. The van der Waals surface area contributed by atoms with Gasteiger partial charge in [-0.15, -0.1) is 0 Å². The molecule has 2 aromatic carbocycles. The van der Waals surface area contributed by atoms with Gasteiger partial charge in [0, 0.05) is 6.54 Å². The molecule has 0 bridgehead atoms. The van der Waals surface area contributed by atoms with E-state index in [0.29, 0.717) is 23.8 Å². The molecular formula is C19H20N2O5. The molecule has 0 saturated carbocycles. The molecule has 1 heterocycles. The van der Waals surface area contributed by atoms with Gasteiger partial charge in [0.1, 0.15) is 11.8 Å². The Balaban J connectivity index is 1.42. The first kappa shape index (κ1) is 17.6. The van der Waals surface area contributed by atoms with Crippen LogP contribution in [0.2, 0.25) is 0 Å². The first-order valence-electron chi connectivity index (χ1n) is 8.25. The van der Waals surface area contributed by atoms with Gasteiger partial charge >= 0.3 is 0 Å². The van der Waals surface area contributed by atoms with Crippen LogP contribution in [0.5, 0.6) is 17.2 Å². The zero-order valence-corrected chi connectivity index (χ0v) is 14.4. The lowest BCUT2D eigenvalue weighted by Gasteiger charge is -2.14. The number of para-hydroxylation sites is 1. The summed E-state index contributed by atoms with van der Waals surface area (Å²) in [6.07, 6.45) is 0. The van der Waals surface area contributed by atoms with E-state index in [2.05, 4.69) is 10.6 Å². The van der Waals surface area contributed by atoms with E-state index in [1.54, 1.807) is 25.1 Å². The predicted molar refractivity (Wildman–Crippen MR) is 94.0 cm³/mol. The Hall–Kier alpha value is -3.22. The van der Waals surface area contributed by atoms with Crippen LogP contribution in [0, 0.1) is 0 Å². The maximum absolute atomic E-state index is 12.1. The Morgan fingerprint density at radius 1 is 1.12 bits per heavy atom. The molecule has 2 aromatic rings. The average molecular weight is 356 g/mol. The molecule has 0 fully saturated rings. The number of hydrogen-bond acceptors (Lipinski definition) is 5. The van der Waals surface area contributed by atoms with E-state index in [-0.39, 0.29) is 25.2 Å². The number of hydrogen-bond donors (Lipinski definition) is 2. The lowest BCUT2D eigenvalue weighted by atomic mass is 10.2. The predicted octanol–water partition coefficient (Wildman–Crippen LogP) is 1.62. The van der Waals surface area contributed by atoms with Crippen LogP contribution in [0.4, 0.5) is 0 Å². The van der Waals surface area contributed by atoms with Gasteiger partial charge in [-0.25, -0.2) is 0 Å². The molecule has 0 radical (unpaired) electrons. The van der Waals surface area contributed by atoms with Gasteiger partial charge in [0.2, 0.25) is 12.7 Å². The van der Waals surface area contributed by atoms with Crippen molar-refractivity contribution in [3.63, 3.8) is 0 Å². The number of rotatable bonds is 7. The monoisotopic (exact) mass is 356 g/mol. The van der Waals surface area contributed by atoms with Crippen LogP contribution in [0.15, 0.2) is 48.5 Å². The Labute approximate surface area is 151 Å². The smallest absolute Gasteiger partial charge is 0.258 e. The summed E-state index contributed by atoms with van der Waals surface area (Å²) in [6, 6.07) is 13.8. The Morgan fingerprint density at radius 2 is 1.88 bits per heavy atom. The minimum atomic E-state index is -0.670. The van der Waals surface area contributed by atoms with Gasteiger partial charge in [-0.2, -0.15) is 0 Å². The maximum Gasteiger partial charge on any atom is 0.258 e. The van der Waals surface area contributed by atoms with Crippen LogP contribution in [-0.4, -0.2) is 31.3 Å². The lowest BCUT2D eigenvalue weighted by Crippen LogP contribution is -2.46. The summed E-state index contributed by atoms with van der Waals surface area (Å²) < 4.78 is 15.9. The number of amides is 2. The van der Waals surface area contributed by atoms with Crippen LogP contribution in [0.1, 0.15) is 12.5 Å². The van der Waals surface area contributed by atoms with E-state index >= 15 is 0 Å². The van der Waals surface area contributed by atoms with E-state index in [1.807, 2.05) is 30.3 Å². The molecule has 7 heteroatoms. The van der Waals surface area contributed by atoms with Crippen molar-refractivity contribution in [3.8, 4) is 17.2 Å². The number of benzene rings is 2. The standard InChI is InChI=1S/C19H20N2O5/c1-13(21-18(22)11-24-15-5-3-2-4-6-15)19(23)20-10-14-7-8-16-17(9-14)26-12-25-16/h2-9,13H,10-12H2,1H3,(H,20,23)(H,21,22)/t13-/m1/s1. The van der Waals surface area contributed by atoms with Crippen molar-refractivity contribution in [3.05, 3.63) is 54.1 Å².